The van der Waals surface area contributed by atoms with Crippen LogP contribution in [0.25, 0.3) is 0 Å². The van der Waals surface area contributed by atoms with Crippen molar-refractivity contribution in [2.24, 2.45) is 5.41 Å². The van der Waals surface area contributed by atoms with Crippen LogP contribution in [-0.4, -0.2) is 24.4 Å². The van der Waals surface area contributed by atoms with Crippen molar-refractivity contribution in [3.8, 4) is 0 Å². The second kappa shape index (κ2) is 5.78. The number of para-hydroxylation sites is 1. The van der Waals surface area contributed by atoms with Gasteiger partial charge < -0.3 is 10.2 Å². The summed E-state index contributed by atoms with van der Waals surface area (Å²) in [5, 5.41) is 3.04. The van der Waals surface area contributed by atoms with Gasteiger partial charge in [0.25, 0.3) is 5.92 Å². The summed E-state index contributed by atoms with van der Waals surface area (Å²) in [6.07, 6.45) is 1.67. The number of hydrogen-bond donors (Lipinski definition) is 1. The molecule has 1 N–H and O–H groups in total. The summed E-state index contributed by atoms with van der Waals surface area (Å²) in [4.78, 5) is 15.3. The number of anilines is 1. The minimum Gasteiger partial charge on any atom is -0.355 e. The highest BCUT2D eigenvalue weighted by atomic mass is 19.3. The Hall–Kier alpha value is -2.43. The fourth-order valence-corrected chi connectivity index (χ4v) is 4.83. The smallest absolute Gasteiger partial charge is 0.254 e. The molecule has 1 amide bonds. The molecule has 2 aromatic rings. The van der Waals surface area contributed by atoms with Crippen molar-refractivity contribution < 1.29 is 13.6 Å². The molecule has 2 fully saturated rings. The minimum atomic E-state index is -2.53. The van der Waals surface area contributed by atoms with Crippen molar-refractivity contribution in [1.82, 2.24) is 5.32 Å². The Bertz CT molecular complexity index is 877. The van der Waals surface area contributed by atoms with Crippen LogP contribution in [0.5, 0.6) is 0 Å². The lowest BCUT2D eigenvalue weighted by Gasteiger charge is -2.38. The molecule has 27 heavy (non-hydrogen) atoms. The Morgan fingerprint density at radius 2 is 1.74 bits per heavy atom. The van der Waals surface area contributed by atoms with E-state index in [4.69, 9.17) is 0 Å². The van der Waals surface area contributed by atoms with Crippen LogP contribution in [0.1, 0.15) is 36.4 Å². The van der Waals surface area contributed by atoms with E-state index < -0.39 is 17.4 Å². The first-order valence-electron chi connectivity index (χ1n) is 9.57. The number of fused-ring (bicyclic) bond motifs is 1. The van der Waals surface area contributed by atoms with Crippen LogP contribution in [0.4, 0.5) is 14.5 Å². The summed E-state index contributed by atoms with van der Waals surface area (Å²) >= 11 is 0. The molecule has 0 aromatic heterocycles. The van der Waals surface area contributed by atoms with Crippen LogP contribution >= 0.6 is 0 Å². The van der Waals surface area contributed by atoms with E-state index in [-0.39, 0.29) is 18.4 Å². The summed E-state index contributed by atoms with van der Waals surface area (Å²) in [7, 11) is 0. The summed E-state index contributed by atoms with van der Waals surface area (Å²) < 4.78 is 26.9. The third kappa shape index (κ3) is 2.63. The summed E-state index contributed by atoms with van der Waals surface area (Å²) in [5.74, 6) is -2.62. The van der Waals surface area contributed by atoms with Crippen molar-refractivity contribution in [3.05, 3.63) is 65.7 Å². The van der Waals surface area contributed by atoms with E-state index in [0.29, 0.717) is 12.8 Å². The predicted octanol–water partition coefficient (Wildman–Crippen LogP) is 4.09. The van der Waals surface area contributed by atoms with Crippen molar-refractivity contribution in [2.75, 3.05) is 11.4 Å². The van der Waals surface area contributed by atoms with E-state index >= 15 is 0 Å². The Labute approximate surface area is 157 Å². The molecule has 1 unspecified atom stereocenters. The third-order valence-electron chi connectivity index (χ3n) is 6.43. The molecule has 2 aromatic carbocycles. The van der Waals surface area contributed by atoms with E-state index in [9.17, 15) is 13.6 Å². The van der Waals surface area contributed by atoms with Gasteiger partial charge in [0.15, 0.2) is 0 Å². The highest BCUT2D eigenvalue weighted by molar-refractivity contribution is 5.88. The average Bonchev–Trinajstić information content (AvgIpc) is 2.99. The maximum absolute atomic E-state index is 13.5. The molecular weight excluding hydrogens is 346 g/mol. The van der Waals surface area contributed by atoms with Crippen LogP contribution in [0.2, 0.25) is 0 Å². The molecule has 1 spiro atoms. The Kier molecular flexibility index (Phi) is 3.58. The fraction of sp³-hybridized carbons (Fsp3) is 0.409. The highest BCUT2D eigenvalue weighted by Gasteiger charge is 2.75. The van der Waals surface area contributed by atoms with Gasteiger partial charge in [-0.1, -0.05) is 48.5 Å². The van der Waals surface area contributed by atoms with Gasteiger partial charge in [-0.05, 0) is 36.5 Å². The molecule has 0 saturated heterocycles. The molecule has 0 bridgehead atoms. The molecule has 1 aliphatic heterocycles. The normalized spacial score (nSPS) is 28.4. The Morgan fingerprint density at radius 1 is 1.07 bits per heavy atom. The van der Waals surface area contributed by atoms with Gasteiger partial charge in [0, 0.05) is 30.1 Å². The molecule has 5 heteroatoms. The molecule has 5 rings (SSSR count). The second-order valence-electron chi connectivity index (χ2n) is 8.16. The lowest BCUT2D eigenvalue weighted by molar-refractivity contribution is -0.124. The number of hydrogen-bond acceptors (Lipinski definition) is 2. The maximum Gasteiger partial charge on any atom is 0.254 e. The molecular formula is C22H22F2N2O. The van der Waals surface area contributed by atoms with Gasteiger partial charge >= 0.3 is 0 Å². The molecule has 2 aliphatic carbocycles. The average molecular weight is 368 g/mol. The summed E-state index contributed by atoms with van der Waals surface area (Å²) in [5.41, 5.74) is 2.43. The summed E-state index contributed by atoms with van der Waals surface area (Å²) in [6.45, 7) is 0.777. The molecule has 140 valence electrons. The van der Waals surface area contributed by atoms with Gasteiger partial charge in [-0.25, -0.2) is 8.78 Å². The zero-order valence-electron chi connectivity index (χ0n) is 15.0. The van der Waals surface area contributed by atoms with Crippen LogP contribution in [0.15, 0.2) is 54.6 Å². The lowest BCUT2D eigenvalue weighted by Crippen LogP contribution is -2.51. The van der Waals surface area contributed by atoms with Crippen LogP contribution in [0.3, 0.4) is 0 Å². The zero-order chi connectivity index (χ0) is 18.6. The molecule has 3 aliphatic rings. The van der Waals surface area contributed by atoms with E-state index in [1.54, 1.807) is 0 Å². The van der Waals surface area contributed by atoms with Crippen LogP contribution in [-0.2, 0) is 11.2 Å². The minimum absolute atomic E-state index is 0.0199. The van der Waals surface area contributed by atoms with Gasteiger partial charge in [0.2, 0.25) is 5.91 Å². The Balaban J connectivity index is 1.38. The highest BCUT2D eigenvalue weighted by Crippen LogP contribution is 2.70. The van der Waals surface area contributed by atoms with Crippen molar-refractivity contribution in [2.45, 2.75) is 43.7 Å². The van der Waals surface area contributed by atoms with E-state index in [0.717, 1.165) is 24.2 Å². The molecule has 0 radical (unpaired) electrons. The number of rotatable bonds is 4. The number of carbonyl (C=O) groups excluding carboxylic acids is 1. The molecule has 1 atom stereocenters. The quantitative estimate of drug-likeness (QED) is 0.881. The van der Waals surface area contributed by atoms with Gasteiger partial charge in [0.05, 0.1) is 0 Å². The van der Waals surface area contributed by atoms with Gasteiger partial charge in [-0.2, -0.15) is 0 Å². The summed E-state index contributed by atoms with van der Waals surface area (Å²) in [6, 6.07) is 17.3. The number of nitrogens with zero attached hydrogens (tertiary/aromatic N) is 1. The predicted molar refractivity (Wildman–Crippen MR) is 99.8 cm³/mol. The van der Waals surface area contributed by atoms with Crippen molar-refractivity contribution in [1.29, 1.82) is 0 Å². The topological polar surface area (TPSA) is 32.3 Å². The number of amides is 1. The number of alkyl halides is 2. The third-order valence-corrected chi connectivity index (χ3v) is 6.43. The van der Waals surface area contributed by atoms with Crippen LogP contribution in [0, 0.1) is 5.41 Å². The van der Waals surface area contributed by atoms with Crippen LogP contribution < -0.4 is 10.2 Å². The second-order valence-corrected chi connectivity index (χ2v) is 8.16. The van der Waals surface area contributed by atoms with E-state index in [1.807, 2.05) is 42.5 Å². The monoisotopic (exact) mass is 368 g/mol. The Morgan fingerprint density at radius 3 is 2.44 bits per heavy atom. The number of halogens is 2. The largest absolute Gasteiger partial charge is 0.355 e. The standard InChI is InChI=1S/C22H22F2N2O/c23-22(24)14-21(22)12-17(13-21)25-20(27)19(16-7-2-1-3-8-16)26-11-10-15-6-4-5-9-18(15)26/h1-9,17,19H,10-14H2,(H,25,27). The SMILES string of the molecule is O=C(NC1CC2(C1)CC2(F)F)C(c1ccccc1)N1CCc2ccccc21. The van der Waals surface area contributed by atoms with Crippen molar-refractivity contribution in [3.63, 3.8) is 0 Å². The van der Waals surface area contributed by atoms with Gasteiger partial charge in [-0.3, -0.25) is 4.79 Å². The molecule has 1 heterocycles. The van der Waals surface area contributed by atoms with Gasteiger partial charge in [0.1, 0.15) is 6.04 Å². The lowest BCUT2D eigenvalue weighted by atomic mass is 9.76. The molecule has 2 saturated carbocycles. The van der Waals surface area contributed by atoms with E-state index in [1.165, 1.54) is 5.56 Å². The molecule has 3 nitrogen and oxygen atoms in total. The number of nitrogens with one attached hydrogen (secondary N) is 1. The van der Waals surface area contributed by atoms with E-state index in [2.05, 4.69) is 22.3 Å². The zero-order valence-corrected chi connectivity index (χ0v) is 15.0. The first kappa shape index (κ1) is 16.7. The maximum atomic E-state index is 13.5. The van der Waals surface area contributed by atoms with Crippen molar-refractivity contribution >= 4 is 11.6 Å². The first-order chi connectivity index (χ1) is 13.0. The number of benzene rings is 2. The fourth-order valence-electron chi connectivity index (χ4n) is 4.83. The first-order valence-corrected chi connectivity index (χ1v) is 9.57. The number of carbonyl (C=O) groups is 1. The van der Waals surface area contributed by atoms with Gasteiger partial charge in [-0.15, -0.1) is 0 Å².